The van der Waals surface area contributed by atoms with Gasteiger partial charge < -0.3 is 5.73 Å². The fourth-order valence-corrected chi connectivity index (χ4v) is 1.17. The lowest BCUT2D eigenvalue weighted by Gasteiger charge is -1.99. The van der Waals surface area contributed by atoms with Gasteiger partial charge in [0.2, 0.25) is 0 Å². The van der Waals surface area contributed by atoms with Gasteiger partial charge in [0.25, 0.3) is 0 Å². The standard InChI is InChI=1S/C6H8IN3/c1-4-5(2-8)3-9-6(7)10-4/h3H,2,8H2,1H3. The molecule has 1 heterocycles. The van der Waals surface area contributed by atoms with Crippen LogP contribution in [0.5, 0.6) is 0 Å². The number of hydrogen-bond acceptors (Lipinski definition) is 3. The predicted molar refractivity (Wildman–Crippen MR) is 47.4 cm³/mol. The molecule has 0 aliphatic carbocycles. The molecule has 0 amide bonds. The van der Waals surface area contributed by atoms with Gasteiger partial charge in [-0.15, -0.1) is 0 Å². The minimum absolute atomic E-state index is 0.517. The van der Waals surface area contributed by atoms with Crippen molar-refractivity contribution in [3.63, 3.8) is 0 Å². The van der Waals surface area contributed by atoms with E-state index in [1.165, 1.54) is 0 Å². The largest absolute Gasteiger partial charge is 0.326 e. The number of halogens is 1. The monoisotopic (exact) mass is 249 g/mol. The number of nitrogens with two attached hydrogens (primary N) is 1. The van der Waals surface area contributed by atoms with Crippen molar-refractivity contribution in [3.05, 3.63) is 21.3 Å². The molecule has 0 aromatic carbocycles. The smallest absolute Gasteiger partial charge is 0.190 e. The summed E-state index contributed by atoms with van der Waals surface area (Å²) < 4.78 is 0.771. The predicted octanol–water partition coefficient (Wildman–Crippen LogP) is 0.848. The third kappa shape index (κ3) is 1.63. The summed E-state index contributed by atoms with van der Waals surface area (Å²) in [4.78, 5) is 8.15. The van der Waals surface area contributed by atoms with Gasteiger partial charge in [-0.2, -0.15) is 0 Å². The summed E-state index contributed by atoms with van der Waals surface area (Å²) >= 11 is 2.08. The molecule has 10 heavy (non-hydrogen) atoms. The molecule has 3 nitrogen and oxygen atoms in total. The molecule has 4 heteroatoms. The average molecular weight is 249 g/mol. The number of hydrogen-bond donors (Lipinski definition) is 1. The lowest BCUT2D eigenvalue weighted by Crippen LogP contribution is -2.03. The Morgan fingerprint density at radius 1 is 1.70 bits per heavy atom. The number of aryl methyl sites for hydroxylation is 1. The topological polar surface area (TPSA) is 51.8 Å². The first-order valence-electron chi connectivity index (χ1n) is 2.92. The average Bonchev–Trinajstić information content (AvgIpc) is 1.88. The fourth-order valence-electron chi connectivity index (χ4n) is 0.664. The van der Waals surface area contributed by atoms with Crippen LogP contribution < -0.4 is 5.73 Å². The minimum Gasteiger partial charge on any atom is -0.326 e. The quantitative estimate of drug-likeness (QED) is 0.593. The van der Waals surface area contributed by atoms with Gasteiger partial charge in [0.15, 0.2) is 3.83 Å². The summed E-state index contributed by atoms with van der Waals surface area (Å²) in [5.74, 6) is 0. The fraction of sp³-hybridized carbons (Fsp3) is 0.333. The van der Waals surface area contributed by atoms with Crippen molar-refractivity contribution in [1.82, 2.24) is 9.97 Å². The molecule has 0 aliphatic heterocycles. The highest BCUT2D eigenvalue weighted by atomic mass is 127. The molecule has 0 aliphatic rings. The number of nitrogens with zero attached hydrogens (tertiary/aromatic N) is 2. The molecular weight excluding hydrogens is 241 g/mol. The zero-order valence-corrected chi connectivity index (χ0v) is 7.79. The van der Waals surface area contributed by atoms with E-state index in [4.69, 9.17) is 5.73 Å². The van der Waals surface area contributed by atoms with Gasteiger partial charge in [0.1, 0.15) is 0 Å². The molecule has 0 bridgehead atoms. The molecule has 0 atom stereocenters. The molecule has 2 N–H and O–H groups in total. The van der Waals surface area contributed by atoms with Gasteiger partial charge in [-0.1, -0.05) is 0 Å². The van der Waals surface area contributed by atoms with E-state index in [9.17, 15) is 0 Å². The Morgan fingerprint density at radius 2 is 2.40 bits per heavy atom. The first kappa shape index (κ1) is 7.87. The summed E-state index contributed by atoms with van der Waals surface area (Å²) in [7, 11) is 0. The van der Waals surface area contributed by atoms with Crippen molar-refractivity contribution in [1.29, 1.82) is 0 Å². The van der Waals surface area contributed by atoms with Crippen molar-refractivity contribution >= 4 is 22.6 Å². The second kappa shape index (κ2) is 3.25. The molecule has 0 fully saturated rings. The lowest BCUT2D eigenvalue weighted by molar-refractivity contribution is 0.946. The van der Waals surface area contributed by atoms with E-state index in [0.29, 0.717) is 6.54 Å². The zero-order chi connectivity index (χ0) is 7.56. The van der Waals surface area contributed by atoms with Gasteiger partial charge in [0.05, 0.1) is 0 Å². The van der Waals surface area contributed by atoms with E-state index in [1.54, 1.807) is 6.20 Å². The first-order chi connectivity index (χ1) is 4.74. The second-order valence-corrected chi connectivity index (χ2v) is 2.92. The lowest BCUT2D eigenvalue weighted by atomic mass is 10.2. The minimum atomic E-state index is 0.517. The molecule has 0 saturated carbocycles. The maximum atomic E-state index is 5.42. The molecule has 54 valence electrons. The molecule has 1 aromatic rings. The molecule has 0 unspecified atom stereocenters. The van der Waals surface area contributed by atoms with Gasteiger partial charge in [0, 0.05) is 46.6 Å². The first-order valence-corrected chi connectivity index (χ1v) is 4.00. The van der Waals surface area contributed by atoms with Gasteiger partial charge >= 0.3 is 0 Å². The Bertz CT molecular complexity index is 236. The molecule has 1 aromatic heterocycles. The summed E-state index contributed by atoms with van der Waals surface area (Å²) in [5, 5.41) is 0. The molecule has 1 rings (SSSR count). The second-order valence-electron chi connectivity index (χ2n) is 1.95. The normalized spacial score (nSPS) is 9.90. The van der Waals surface area contributed by atoms with Gasteiger partial charge in [-0.25, -0.2) is 9.97 Å². The van der Waals surface area contributed by atoms with Crippen LogP contribution >= 0.6 is 22.6 Å². The number of rotatable bonds is 1. The third-order valence-corrected chi connectivity index (χ3v) is 1.79. The van der Waals surface area contributed by atoms with Crippen molar-refractivity contribution in [2.45, 2.75) is 13.5 Å². The van der Waals surface area contributed by atoms with E-state index < -0.39 is 0 Å². The van der Waals surface area contributed by atoms with Crippen LogP contribution in [0.1, 0.15) is 11.3 Å². The van der Waals surface area contributed by atoms with Gasteiger partial charge in [-0.3, -0.25) is 0 Å². The van der Waals surface area contributed by atoms with Crippen LogP contribution in [0.4, 0.5) is 0 Å². The molecule has 0 saturated heterocycles. The van der Waals surface area contributed by atoms with Crippen molar-refractivity contribution in [2.24, 2.45) is 5.73 Å². The Morgan fingerprint density at radius 3 is 2.90 bits per heavy atom. The SMILES string of the molecule is Cc1nc(I)ncc1CN. The summed E-state index contributed by atoms with van der Waals surface area (Å²) in [5.41, 5.74) is 7.41. The van der Waals surface area contributed by atoms with Crippen LogP contribution in [0.3, 0.4) is 0 Å². The van der Waals surface area contributed by atoms with E-state index in [0.717, 1.165) is 15.1 Å². The highest BCUT2D eigenvalue weighted by Crippen LogP contribution is 2.03. The van der Waals surface area contributed by atoms with Gasteiger partial charge in [-0.05, 0) is 6.92 Å². The van der Waals surface area contributed by atoms with Crippen molar-refractivity contribution in [2.75, 3.05) is 0 Å². The van der Waals surface area contributed by atoms with E-state index >= 15 is 0 Å². The Hall–Kier alpha value is -0.230. The van der Waals surface area contributed by atoms with Crippen LogP contribution in [0.25, 0.3) is 0 Å². The Labute approximate surface area is 73.2 Å². The van der Waals surface area contributed by atoms with E-state index in [-0.39, 0.29) is 0 Å². The highest BCUT2D eigenvalue weighted by Gasteiger charge is 1.97. The molecular formula is C6H8IN3. The maximum Gasteiger partial charge on any atom is 0.190 e. The Kier molecular flexibility index (Phi) is 2.56. The summed E-state index contributed by atoms with van der Waals surface area (Å²) in [6.45, 7) is 2.45. The van der Waals surface area contributed by atoms with Crippen LogP contribution in [0.15, 0.2) is 6.20 Å². The van der Waals surface area contributed by atoms with Crippen LogP contribution in [-0.2, 0) is 6.54 Å². The van der Waals surface area contributed by atoms with Crippen molar-refractivity contribution < 1.29 is 0 Å². The summed E-state index contributed by atoms with van der Waals surface area (Å²) in [6.07, 6.45) is 1.77. The van der Waals surface area contributed by atoms with Crippen LogP contribution in [0.2, 0.25) is 0 Å². The van der Waals surface area contributed by atoms with E-state index in [2.05, 4.69) is 32.6 Å². The van der Waals surface area contributed by atoms with Crippen LogP contribution in [-0.4, -0.2) is 9.97 Å². The van der Waals surface area contributed by atoms with E-state index in [1.807, 2.05) is 6.92 Å². The van der Waals surface area contributed by atoms with Crippen molar-refractivity contribution in [3.8, 4) is 0 Å². The highest BCUT2D eigenvalue weighted by molar-refractivity contribution is 14.1. The maximum absolute atomic E-state index is 5.42. The number of aromatic nitrogens is 2. The molecule has 0 radical (unpaired) electrons. The molecule has 0 spiro atoms. The van der Waals surface area contributed by atoms with Crippen LogP contribution in [0, 0.1) is 10.8 Å². The summed E-state index contributed by atoms with van der Waals surface area (Å²) in [6, 6.07) is 0. The zero-order valence-electron chi connectivity index (χ0n) is 5.63. The Balaban J connectivity index is 3.07. The third-order valence-electron chi connectivity index (χ3n) is 1.27.